The zero-order valence-electron chi connectivity index (χ0n) is 8.27. The van der Waals surface area contributed by atoms with E-state index in [4.69, 9.17) is 0 Å². The lowest BCUT2D eigenvalue weighted by Crippen LogP contribution is -2.28. The van der Waals surface area contributed by atoms with E-state index in [1.54, 1.807) is 0 Å². The molecule has 1 aromatic carbocycles. The molecule has 0 fully saturated rings. The molecule has 88 valence electrons. The number of benzene rings is 1. The van der Waals surface area contributed by atoms with E-state index < -0.39 is 23.3 Å². The van der Waals surface area contributed by atoms with E-state index in [0.29, 0.717) is 6.07 Å². The highest BCUT2D eigenvalue weighted by Gasteiger charge is 2.44. The van der Waals surface area contributed by atoms with E-state index in [1.807, 2.05) is 0 Å². The smallest absolute Gasteiger partial charge is 0.382 e. The summed E-state index contributed by atoms with van der Waals surface area (Å²) in [5, 5.41) is 0. The van der Waals surface area contributed by atoms with Crippen molar-refractivity contribution < 1.29 is 22.7 Å². The van der Waals surface area contributed by atoms with E-state index in [9.17, 15) is 18.0 Å². The maximum atomic E-state index is 13.5. The molecule has 0 radical (unpaired) electrons. The van der Waals surface area contributed by atoms with Gasteiger partial charge in [0.05, 0.1) is 6.61 Å². The molecular formula is C10H8BrF3O2. The van der Waals surface area contributed by atoms with Gasteiger partial charge in [-0.05, 0) is 25.1 Å². The van der Waals surface area contributed by atoms with Crippen molar-refractivity contribution in [2.45, 2.75) is 12.8 Å². The first-order valence-corrected chi connectivity index (χ1v) is 5.19. The highest BCUT2D eigenvalue weighted by Crippen LogP contribution is 2.35. The number of carbonyl (C=O) groups is 1. The molecule has 0 saturated heterocycles. The summed E-state index contributed by atoms with van der Waals surface area (Å²) in [4.78, 5) is 11.0. The lowest BCUT2D eigenvalue weighted by Gasteiger charge is -2.16. The minimum atomic E-state index is -3.86. The molecule has 0 amide bonds. The summed E-state index contributed by atoms with van der Waals surface area (Å²) in [6.07, 6.45) is 0. The summed E-state index contributed by atoms with van der Waals surface area (Å²) in [6, 6.07) is 2.72. The van der Waals surface area contributed by atoms with Crippen molar-refractivity contribution >= 4 is 21.9 Å². The van der Waals surface area contributed by atoms with E-state index in [-0.39, 0.29) is 11.1 Å². The van der Waals surface area contributed by atoms with Crippen LogP contribution < -0.4 is 0 Å². The lowest BCUT2D eigenvalue weighted by atomic mass is 10.1. The molecule has 0 heterocycles. The third kappa shape index (κ3) is 2.55. The maximum absolute atomic E-state index is 13.5. The fourth-order valence-corrected chi connectivity index (χ4v) is 1.57. The highest BCUT2D eigenvalue weighted by molar-refractivity contribution is 9.10. The van der Waals surface area contributed by atoms with Gasteiger partial charge in [0.1, 0.15) is 5.82 Å². The van der Waals surface area contributed by atoms with Crippen LogP contribution in [-0.2, 0) is 15.5 Å². The number of hydrogen-bond acceptors (Lipinski definition) is 2. The summed E-state index contributed by atoms with van der Waals surface area (Å²) >= 11 is 2.83. The topological polar surface area (TPSA) is 26.3 Å². The fraction of sp³-hybridized carbons (Fsp3) is 0.300. The molecule has 16 heavy (non-hydrogen) atoms. The SMILES string of the molecule is CCOC(=O)C(F)(F)c1cc(F)ccc1Br. The van der Waals surface area contributed by atoms with Crippen LogP contribution in [0, 0.1) is 5.82 Å². The van der Waals surface area contributed by atoms with Crippen molar-refractivity contribution in [2.24, 2.45) is 0 Å². The van der Waals surface area contributed by atoms with Gasteiger partial charge in [-0.1, -0.05) is 15.9 Å². The Bertz CT molecular complexity index is 407. The number of ether oxygens (including phenoxy) is 1. The van der Waals surface area contributed by atoms with Gasteiger partial charge in [0.15, 0.2) is 0 Å². The molecule has 0 bridgehead atoms. The summed E-state index contributed by atoms with van der Waals surface area (Å²) < 4.78 is 44.0. The lowest BCUT2D eigenvalue weighted by molar-refractivity contribution is -0.173. The molecule has 0 saturated carbocycles. The maximum Gasteiger partial charge on any atom is 0.382 e. The second-order valence-electron chi connectivity index (χ2n) is 2.92. The highest BCUT2D eigenvalue weighted by atomic mass is 79.9. The molecule has 0 spiro atoms. The second-order valence-corrected chi connectivity index (χ2v) is 3.77. The predicted octanol–water partition coefficient (Wildman–Crippen LogP) is 3.24. The fourth-order valence-electron chi connectivity index (χ4n) is 1.07. The van der Waals surface area contributed by atoms with Crippen LogP contribution in [0.2, 0.25) is 0 Å². The van der Waals surface area contributed by atoms with Crippen LogP contribution in [0.25, 0.3) is 0 Å². The molecule has 0 N–H and O–H groups in total. The largest absolute Gasteiger partial charge is 0.461 e. The van der Waals surface area contributed by atoms with Crippen molar-refractivity contribution in [3.63, 3.8) is 0 Å². The Kier molecular flexibility index (Phi) is 3.96. The third-order valence-corrected chi connectivity index (χ3v) is 2.49. The molecule has 0 aliphatic rings. The summed E-state index contributed by atoms with van der Waals surface area (Å²) in [5.41, 5.74) is -0.744. The van der Waals surface area contributed by atoms with E-state index >= 15 is 0 Å². The van der Waals surface area contributed by atoms with Gasteiger partial charge in [0.25, 0.3) is 0 Å². The molecule has 0 unspecified atom stereocenters. The van der Waals surface area contributed by atoms with Crippen LogP contribution in [0.5, 0.6) is 0 Å². The minimum Gasteiger partial charge on any atom is -0.461 e. The van der Waals surface area contributed by atoms with Crippen LogP contribution in [0.3, 0.4) is 0 Å². The summed E-state index contributed by atoms with van der Waals surface area (Å²) in [7, 11) is 0. The summed E-state index contributed by atoms with van der Waals surface area (Å²) in [5.74, 6) is -6.40. The van der Waals surface area contributed by atoms with Crippen LogP contribution in [0.15, 0.2) is 22.7 Å². The average molecular weight is 297 g/mol. The zero-order valence-corrected chi connectivity index (χ0v) is 9.85. The van der Waals surface area contributed by atoms with Crippen molar-refractivity contribution in [3.05, 3.63) is 34.1 Å². The van der Waals surface area contributed by atoms with Crippen LogP contribution in [0.1, 0.15) is 12.5 Å². The normalized spacial score (nSPS) is 11.3. The Morgan fingerprint density at radius 2 is 2.12 bits per heavy atom. The quantitative estimate of drug-likeness (QED) is 0.801. The van der Waals surface area contributed by atoms with Crippen LogP contribution in [-0.4, -0.2) is 12.6 Å². The van der Waals surface area contributed by atoms with Gasteiger partial charge in [-0.25, -0.2) is 9.18 Å². The van der Waals surface area contributed by atoms with Crippen molar-refractivity contribution in [3.8, 4) is 0 Å². The van der Waals surface area contributed by atoms with Crippen LogP contribution in [0.4, 0.5) is 13.2 Å². The minimum absolute atomic E-state index is 0.0491. The molecule has 0 aliphatic carbocycles. The Morgan fingerprint density at radius 1 is 1.50 bits per heavy atom. The van der Waals surface area contributed by atoms with Crippen molar-refractivity contribution in [2.75, 3.05) is 6.61 Å². The number of esters is 1. The molecule has 0 atom stereocenters. The molecule has 2 nitrogen and oxygen atoms in total. The molecular weight excluding hydrogens is 289 g/mol. The van der Waals surface area contributed by atoms with Crippen molar-refractivity contribution in [1.29, 1.82) is 0 Å². The van der Waals surface area contributed by atoms with E-state index in [1.165, 1.54) is 6.92 Å². The Hall–Kier alpha value is -1.04. The van der Waals surface area contributed by atoms with Gasteiger partial charge in [0.2, 0.25) is 0 Å². The molecule has 1 rings (SSSR count). The molecule has 1 aromatic rings. The number of halogens is 4. The standard InChI is InChI=1S/C10H8BrF3O2/c1-2-16-9(15)10(13,14)7-5-6(12)3-4-8(7)11/h3-5H,2H2,1H3. The number of carbonyl (C=O) groups excluding carboxylic acids is 1. The van der Waals surface area contributed by atoms with Gasteiger partial charge in [-0.2, -0.15) is 8.78 Å². The first kappa shape index (κ1) is 13.0. The average Bonchev–Trinajstić information content (AvgIpc) is 2.22. The number of alkyl halides is 2. The molecule has 6 heteroatoms. The summed E-state index contributed by atoms with van der Waals surface area (Å²) in [6.45, 7) is 1.25. The zero-order chi connectivity index (χ0) is 12.3. The van der Waals surface area contributed by atoms with Gasteiger partial charge in [-0.15, -0.1) is 0 Å². The van der Waals surface area contributed by atoms with Gasteiger partial charge < -0.3 is 4.74 Å². The van der Waals surface area contributed by atoms with Gasteiger partial charge >= 0.3 is 11.9 Å². The monoisotopic (exact) mass is 296 g/mol. The van der Waals surface area contributed by atoms with Crippen LogP contribution >= 0.6 is 15.9 Å². The Balaban J connectivity index is 3.15. The first-order chi connectivity index (χ1) is 7.39. The molecule has 0 aliphatic heterocycles. The Morgan fingerprint density at radius 3 is 2.69 bits per heavy atom. The predicted molar refractivity (Wildman–Crippen MR) is 54.6 cm³/mol. The Labute approximate surface area is 98.5 Å². The number of rotatable bonds is 3. The van der Waals surface area contributed by atoms with Crippen molar-refractivity contribution in [1.82, 2.24) is 0 Å². The van der Waals surface area contributed by atoms with Gasteiger partial charge in [-0.3, -0.25) is 0 Å². The third-order valence-electron chi connectivity index (χ3n) is 1.80. The van der Waals surface area contributed by atoms with E-state index in [0.717, 1.165) is 12.1 Å². The number of hydrogen-bond donors (Lipinski definition) is 0. The van der Waals surface area contributed by atoms with Gasteiger partial charge in [0, 0.05) is 10.0 Å². The van der Waals surface area contributed by atoms with E-state index in [2.05, 4.69) is 20.7 Å². The second kappa shape index (κ2) is 4.86. The molecule has 0 aromatic heterocycles. The first-order valence-electron chi connectivity index (χ1n) is 4.40.